The molecule has 9 heteroatoms. The molecule has 178 valence electrons. The van der Waals surface area contributed by atoms with Gasteiger partial charge in [-0.3, -0.25) is 9.10 Å². The molecule has 0 radical (unpaired) electrons. The summed E-state index contributed by atoms with van der Waals surface area (Å²) < 4.78 is 27.8. The highest BCUT2D eigenvalue weighted by Gasteiger charge is 2.29. The minimum atomic E-state index is -4.04. The molecule has 1 aliphatic rings. The third-order valence-electron chi connectivity index (χ3n) is 5.73. The molecule has 0 unspecified atom stereocenters. The van der Waals surface area contributed by atoms with Gasteiger partial charge >= 0.3 is 0 Å². The number of nitrogens with one attached hydrogen (secondary N) is 1. The molecule has 1 heterocycles. The minimum absolute atomic E-state index is 0.0616. The summed E-state index contributed by atoms with van der Waals surface area (Å²) >= 11 is 12.5. The molecule has 0 saturated heterocycles. The van der Waals surface area contributed by atoms with E-state index in [1.54, 1.807) is 30.3 Å². The van der Waals surface area contributed by atoms with Crippen LogP contribution in [-0.2, 0) is 21.2 Å². The van der Waals surface area contributed by atoms with Crippen molar-refractivity contribution in [2.45, 2.75) is 17.7 Å². The minimum Gasteiger partial charge on any atom is -0.371 e. The molecular formula is C25H25Cl2N3O3S. The number of para-hydroxylation sites is 1. The van der Waals surface area contributed by atoms with E-state index in [1.807, 2.05) is 12.1 Å². The largest absolute Gasteiger partial charge is 0.371 e. The molecular weight excluding hydrogens is 493 g/mol. The normalized spacial score (nSPS) is 12.9. The lowest BCUT2D eigenvalue weighted by Crippen LogP contribution is -2.41. The maximum atomic E-state index is 13.4. The topological polar surface area (TPSA) is 69.7 Å². The number of carbonyl (C=O) groups is 1. The second-order valence-electron chi connectivity index (χ2n) is 7.97. The van der Waals surface area contributed by atoms with Crippen LogP contribution in [0.25, 0.3) is 0 Å². The van der Waals surface area contributed by atoms with Crippen molar-refractivity contribution in [3.8, 4) is 0 Å². The molecule has 0 aromatic heterocycles. The van der Waals surface area contributed by atoms with E-state index in [0.29, 0.717) is 6.54 Å². The van der Waals surface area contributed by atoms with Crippen molar-refractivity contribution in [2.24, 2.45) is 0 Å². The molecule has 0 spiro atoms. The Balaban J connectivity index is 1.43. The number of hydrogen-bond donors (Lipinski definition) is 1. The monoisotopic (exact) mass is 517 g/mol. The summed E-state index contributed by atoms with van der Waals surface area (Å²) in [5, 5.41) is 3.12. The maximum Gasteiger partial charge on any atom is 0.264 e. The van der Waals surface area contributed by atoms with Crippen LogP contribution in [0, 0.1) is 0 Å². The molecule has 1 amide bonds. The quantitative estimate of drug-likeness (QED) is 0.415. The molecule has 4 rings (SSSR count). The number of fused-ring (bicyclic) bond motifs is 1. The Morgan fingerprint density at radius 2 is 1.71 bits per heavy atom. The van der Waals surface area contributed by atoms with E-state index in [1.165, 1.54) is 29.4 Å². The van der Waals surface area contributed by atoms with Gasteiger partial charge in [-0.15, -0.1) is 0 Å². The number of hydrogen-bond acceptors (Lipinski definition) is 4. The van der Waals surface area contributed by atoms with Crippen LogP contribution in [0.2, 0.25) is 10.0 Å². The second kappa shape index (κ2) is 10.7. The Morgan fingerprint density at radius 1 is 0.971 bits per heavy atom. The van der Waals surface area contributed by atoms with Crippen molar-refractivity contribution in [3.05, 3.63) is 88.4 Å². The lowest BCUT2D eigenvalue weighted by atomic mass is 10.2. The van der Waals surface area contributed by atoms with Gasteiger partial charge in [-0.1, -0.05) is 65.7 Å². The van der Waals surface area contributed by atoms with E-state index in [4.69, 9.17) is 23.2 Å². The molecule has 0 fully saturated rings. The van der Waals surface area contributed by atoms with Crippen LogP contribution in [0.5, 0.6) is 0 Å². The van der Waals surface area contributed by atoms with Gasteiger partial charge in [0.15, 0.2) is 0 Å². The molecule has 3 aromatic carbocycles. The number of sulfonamides is 1. The van der Waals surface area contributed by atoms with Crippen LogP contribution < -0.4 is 14.5 Å². The Kier molecular flexibility index (Phi) is 7.66. The Hall–Kier alpha value is -2.74. The summed E-state index contributed by atoms with van der Waals surface area (Å²) in [5.41, 5.74) is 2.73. The first-order valence-electron chi connectivity index (χ1n) is 11.0. The van der Waals surface area contributed by atoms with Crippen molar-refractivity contribution >= 4 is 50.5 Å². The molecule has 0 atom stereocenters. The first-order chi connectivity index (χ1) is 16.4. The fourth-order valence-electron chi connectivity index (χ4n) is 4.03. The second-order valence-corrected chi connectivity index (χ2v) is 10.6. The molecule has 3 aromatic rings. The van der Waals surface area contributed by atoms with Crippen molar-refractivity contribution in [3.63, 3.8) is 0 Å². The summed E-state index contributed by atoms with van der Waals surface area (Å²) in [4.78, 5) is 15.2. The summed E-state index contributed by atoms with van der Waals surface area (Å²) in [6.07, 6.45) is 1.76. The molecule has 1 N–H and O–H groups in total. The van der Waals surface area contributed by atoms with Gasteiger partial charge in [0.1, 0.15) is 6.54 Å². The zero-order valence-corrected chi connectivity index (χ0v) is 20.8. The third-order valence-corrected chi connectivity index (χ3v) is 8.31. The fourth-order valence-corrected chi connectivity index (χ4v) is 5.93. The molecule has 0 saturated carbocycles. The predicted octanol–water partition coefficient (Wildman–Crippen LogP) is 4.76. The van der Waals surface area contributed by atoms with Crippen LogP contribution in [0.15, 0.2) is 77.7 Å². The summed E-state index contributed by atoms with van der Waals surface area (Å²) in [7, 11) is -4.04. The van der Waals surface area contributed by atoms with Gasteiger partial charge < -0.3 is 10.2 Å². The number of nitrogens with zero attached hydrogens (tertiary/aromatic N) is 2. The zero-order valence-electron chi connectivity index (χ0n) is 18.5. The van der Waals surface area contributed by atoms with Gasteiger partial charge in [0.25, 0.3) is 10.0 Å². The molecule has 0 bridgehead atoms. The Morgan fingerprint density at radius 3 is 2.50 bits per heavy atom. The molecule has 0 aliphatic carbocycles. The van der Waals surface area contributed by atoms with E-state index in [0.717, 1.165) is 30.2 Å². The number of amides is 1. The number of carbonyl (C=O) groups excluding carboxylic acids is 1. The van der Waals surface area contributed by atoms with E-state index in [2.05, 4.69) is 22.3 Å². The smallest absolute Gasteiger partial charge is 0.264 e. The first kappa shape index (κ1) is 24.4. The van der Waals surface area contributed by atoms with E-state index >= 15 is 0 Å². The third kappa shape index (κ3) is 5.32. The average Bonchev–Trinajstić information content (AvgIpc) is 3.26. The zero-order chi connectivity index (χ0) is 24.1. The van der Waals surface area contributed by atoms with Crippen LogP contribution in [0.1, 0.15) is 12.0 Å². The van der Waals surface area contributed by atoms with Crippen molar-refractivity contribution < 1.29 is 13.2 Å². The van der Waals surface area contributed by atoms with Crippen LogP contribution in [0.3, 0.4) is 0 Å². The lowest BCUT2D eigenvalue weighted by molar-refractivity contribution is -0.119. The summed E-state index contributed by atoms with van der Waals surface area (Å²) in [6.45, 7) is 1.79. The summed E-state index contributed by atoms with van der Waals surface area (Å²) in [5.74, 6) is -0.419. The molecule has 1 aliphatic heterocycles. The lowest BCUT2D eigenvalue weighted by Gasteiger charge is -2.25. The SMILES string of the molecule is O=C(CN(c1cccc(Cl)c1Cl)S(=O)(=O)c1ccccc1)NCCCN1CCc2ccccc21. The van der Waals surface area contributed by atoms with Gasteiger partial charge in [0.2, 0.25) is 5.91 Å². The first-order valence-corrected chi connectivity index (χ1v) is 13.2. The van der Waals surface area contributed by atoms with Crippen LogP contribution in [0.4, 0.5) is 11.4 Å². The highest BCUT2D eigenvalue weighted by Crippen LogP contribution is 2.35. The van der Waals surface area contributed by atoms with Gasteiger partial charge in [-0.05, 0) is 48.7 Å². The van der Waals surface area contributed by atoms with Gasteiger partial charge in [-0.25, -0.2) is 8.42 Å². The highest BCUT2D eigenvalue weighted by molar-refractivity contribution is 7.92. The number of halogens is 2. The van der Waals surface area contributed by atoms with Gasteiger partial charge in [-0.2, -0.15) is 0 Å². The number of anilines is 2. The molecule has 34 heavy (non-hydrogen) atoms. The maximum absolute atomic E-state index is 13.4. The Bertz CT molecular complexity index is 1270. The molecule has 6 nitrogen and oxygen atoms in total. The average molecular weight is 518 g/mol. The van der Waals surface area contributed by atoms with Crippen molar-refractivity contribution in [2.75, 3.05) is 35.4 Å². The van der Waals surface area contributed by atoms with Gasteiger partial charge in [0.05, 0.1) is 20.6 Å². The van der Waals surface area contributed by atoms with E-state index < -0.39 is 22.5 Å². The van der Waals surface area contributed by atoms with Gasteiger partial charge in [0, 0.05) is 25.3 Å². The Labute approximate surface area is 210 Å². The van der Waals surface area contributed by atoms with Crippen molar-refractivity contribution in [1.29, 1.82) is 0 Å². The predicted molar refractivity (Wildman–Crippen MR) is 137 cm³/mol. The summed E-state index contributed by atoms with van der Waals surface area (Å²) in [6, 6.07) is 21.0. The van der Waals surface area contributed by atoms with Crippen molar-refractivity contribution in [1.82, 2.24) is 5.32 Å². The van der Waals surface area contributed by atoms with Crippen LogP contribution >= 0.6 is 23.2 Å². The highest BCUT2D eigenvalue weighted by atomic mass is 35.5. The van der Waals surface area contributed by atoms with E-state index in [-0.39, 0.29) is 20.6 Å². The number of rotatable bonds is 9. The fraction of sp³-hybridized carbons (Fsp3) is 0.240. The van der Waals surface area contributed by atoms with Crippen LogP contribution in [-0.4, -0.2) is 40.5 Å². The van der Waals surface area contributed by atoms with E-state index in [9.17, 15) is 13.2 Å². The standard InChI is InChI=1S/C25H25Cl2N3O3S/c26-21-11-6-13-23(25(21)27)30(34(32,33)20-9-2-1-3-10-20)18-24(31)28-15-7-16-29-17-14-19-8-4-5-12-22(19)29/h1-6,8-13H,7,14-18H2,(H,28,31). The number of benzene rings is 3.